The van der Waals surface area contributed by atoms with Gasteiger partial charge >= 0.3 is 5.97 Å². The Morgan fingerprint density at radius 3 is 1.42 bits per heavy atom. The van der Waals surface area contributed by atoms with E-state index in [1.165, 1.54) is 13.8 Å². The van der Waals surface area contributed by atoms with Crippen LogP contribution in [0.1, 0.15) is 84.8 Å². The number of guanidine groups is 1. The monoisotopic (exact) mass is 1090 g/mol. The Bertz CT molecular complexity index is 2390. The molecule has 19 N–H and O–H groups in total. The molecule has 0 spiro atoms. The van der Waals surface area contributed by atoms with Crippen molar-refractivity contribution in [2.75, 3.05) is 19.7 Å². The molecule has 0 bridgehead atoms. The van der Waals surface area contributed by atoms with Crippen LogP contribution in [-0.4, -0.2) is 155 Å². The Hall–Kier alpha value is -8.20. The van der Waals surface area contributed by atoms with E-state index in [-0.39, 0.29) is 62.9 Å². The minimum atomic E-state index is -1.82. The molecule has 0 heterocycles. The van der Waals surface area contributed by atoms with Crippen LogP contribution in [-0.2, 0) is 65.6 Å². The van der Waals surface area contributed by atoms with Crippen LogP contribution in [0.4, 0.5) is 0 Å². The third-order valence-electron chi connectivity index (χ3n) is 11.6. The lowest BCUT2D eigenvalue weighted by Gasteiger charge is -2.27. The summed E-state index contributed by atoms with van der Waals surface area (Å²) in [4.78, 5) is 149. The summed E-state index contributed by atoms with van der Waals surface area (Å²) in [6.07, 6.45) is -0.681. The van der Waals surface area contributed by atoms with E-state index in [9.17, 15) is 63.0 Å². The van der Waals surface area contributed by atoms with Crippen LogP contribution < -0.4 is 70.8 Å². The number of aliphatic hydroxyl groups is 1. The highest BCUT2D eigenvalue weighted by Gasteiger charge is 2.34. The second-order valence-electron chi connectivity index (χ2n) is 19.5. The summed E-state index contributed by atoms with van der Waals surface area (Å²) in [6.45, 7) is 8.04. The number of hydrogen-bond acceptors (Lipinski definition) is 14. The number of carbonyl (C=O) groups is 11. The smallest absolute Gasteiger partial charge is 0.305 e. The number of nitrogens with zero attached hydrogens (tertiary/aromatic N) is 1. The van der Waals surface area contributed by atoms with Crippen molar-refractivity contribution in [3.63, 3.8) is 0 Å². The lowest BCUT2D eigenvalue weighted by Crippen LogP contribution is -2.60. The first-order valence-electron chi connectivity index (χ1n) is 25.4. The van der Waals surface area contributed by atoms with Crippen molar-refractivity contribution in [2.45, 2.75) is 141 Å². The molecule has 10 amide bonds. The fourth-order valence-corrected chi connectivity index (χ4v) is 7.49. The van der Waals surface area contributed by atoms with Gasteiger partial charge in [0.15, 0.2) is 5.96 Å². The number of hydrogen-bond donors (Lipinski definition) is 15. The zero-order chi connectivity index (χ0) is 58.6. The minimum absolute atomic E-state index is 0.0116. The molecule has 9 atom stereocenters. The van der Waals surface area contributed by atoms with Crippen molar-refractivity contribution in [3.05, 3.63) is 71.8 Å². The highest BCUT2D eigenvalue weighted by molar-refractivity contribution is 5.98. The number of carboxylic acids is 1. The summed E-state index contributed by atoms with van der Waals surface area (Å²) >= 11 is 0. The van der Waals surface area contributed by atoms with Crippen LogP contribution in [0.25, 0.3) is 0 Å². The molecule has 0 aliphatic heterocycles. The van der Waals surface area contributed by atoms with Crippen molar-refractivity contribution in [1.29, 1.82) is 0 Å². The molecule has 27 nitrogen and oxygen atoms in total. The first kappa shape index (κ1) is 65.9. The van der Waals surface area contributed by atoms with Crippen molar-refractivity contribution >= 4 is 71.0 Å². The van der Waals surface area contributed by atoms with Gasteiger partial charge < -0.3 is 81.0 Å². The van der Waals surface area contributed by atoms with Gasteiger partial charge in [-0.2, -0.15) is 0 Å². The third-order valence-corrected chi connectivity index (χ3v) is 11.6. The van der Waals surface area contributed by atoms with E-state index in [4.69, 9.17) is 22.9 Å². The number of aliphatic hydroxyl groups excluding tert-OH is 1. The van der Waals surface area contributed by atoms with E-state index in [1.807, 2.05) is 0 Å². The molecule has 0 radical (unpaired) electrons. The molecule has 0 saturated carbocycles. The Labute approximate surface area is 452 Å². The first-order chi connectivity index (χ1) is 36.7. The number of carboxylic acid groups (broad SMARTS) is 1. The van der Waals surface area contributed by atoms with Gasteiger partial charge in [0.1, 0.15) is 48.3 Å². The van der Waals surface area contributed by atoms with Gasteiger partial charge in [-0.15, -0.1) is 0 Å². The normalized spacial score (nSPS) is 14.4. The highest BCUT2D eigenvalue weighted by Crippen LogP contribution is 2.12. The van der Waals surface area contributed by atoms with Crippen LogP contribution in [0.3, 0.4) is 0 Å². The number of rotatable bonds is 34. The third kappa shape index (κ3) is 25.1. The lowest BCUT2D eigenvalue weighted by atomic mass is 10.00. The summed E-state index contributed by atoms with van der Waals surface area (Å²) < 4.78 is 0. The molecule has 0 aromatic heterocycles. The van der Waals surface area contributed by atoms with E-state index in [0.29, 0.717) is 11.1 Å². The summed E-state index contributed by atoms with van der Waals surface area (Å²) in [5, 5.41) is 41.5. The molecule has 0 aliphatic rings. The van der Waals surface area contributed by atoms with E-state index in [2.05, 4.69) is 52.8 Å². The molecule has 2 aromatic carbocycles. The molecule has 0 saturated heterocycles. The van der Waals surface area contributed by atoms with Gasteiger partial charge in [0, 0.05) is 19.4 Å². The Morgan fingerprint density at radius 2 is 0.949 bits per heavy atom. The number of primary amides is 1. The Kier molecular flexibility index (Phi) is 28.5. The molecule has 0 fully saturated rings. The molecular weight excluding hydrogens is 1020 g/mol. The zero-order valence-electron chi connectivity index (χ0n) is 44.8. The number of carbonyl (C=O) groups excluding carboxylic acids is 10. The highest BCUT2D eigenvalue weighted by atomic mass is 16.4. The van der Waals surface area contributed by atoms with Crippen molar-refractivity contribution in [2.24, 2.45) is 39.8 Å². The fourth-order valence-electron chi connectivity index (χ4n) is 7.49. The molecule has 2 aromatic rings. The van der Waals surface area contributed by atoms with Gasteiger partial charge in [-0.1, -0.05) is 88.4 Å². The van der Waals surface area contributed by atoms with Gasteiger partial charge in [-0.3, -0.25) is 57.7 Å². The summed E-state index contributed by atoms with van der Waals surface area (Å²) in [5.74, 6) is -10.9. The number of aliphatic imine (C=N–C) groups is 1. The lowest BCUT2D eigenvalue weighted by molar-refractivity contribution is -0.141. The summed E-state index contributed by atoms with van der Waals surface area (Å²) in [6, 6.07) is 5.11. The topological polar surface area (TPSA) is 453 Å². The number of benzene rings is 2. The molecule has 27 heteroatoms. The maximum Gasteiger partial charge on any atom is 0.305 e. The largest absolute Gasteiger partial charge is 0.481 e. The number of nitrogens with one attached hydrogen (secondary N) is 9. The molecule has 2 rings (SSSR count). The quantitative estimate of drug-likeness (QED) is 0.0180. The van der Waals surface area contributed by atoms with E-state index in [1.54, 1.807) is 88.4 Å². The molecule has 0 aliphatic carbocycles. The molecule has 78 heavy (non-hydrogen) atoms. The van der Waals surface area contributed by atoms with E-state index in [0.717, 1.165) is 0 Å². The predicted octanol–water partition coefficient (Wildman–Crippen LogP) is -4.07. The number of nitrogens with two attached hydrogens (primary N) is 4. The second-order valence-corrected chi connectivity index (χ2v) is 19.5. The minimum Gasteiger partial charge on any atom is -0.481 e. The summed E-state index contributed by atoms with van der Waals surface area (Å²) in [7, 11) is 0. The van der Waals surface area contributed by atoms with Crippen LogP contribution in [0.5, 0.6) is 0 Å². The van der Waals surface area contributed by atoms with Crippen molar-refractivity contribution in [3.8, 4) is 0 Å². The van der Waals surface area contributed by atoms with Gasteiger partial charge in [0.2, 0.25) is 59.1 Å². The Balaban J connectivity index is 2.27. The van der Waals surface area contributed by atoms with Crippen LogP contribution >= 0.6 is 0 Å². The fraction of sp³-hybridized carbons (Fsp3) is 0.529. The van der Waals surface area contributed by atoms with Gasteiger partial charge in [-0.05, 0) is 62.5 Å². The van der Waals surface area contributed by atoms with Crippen LogP contribution in [0.15, 0.2) is 65.7 Å². The van der Waals surface area contributed by atoms with Crippen molar-refractivity contribution in [1.82, 2.24) is 47.9 Å². The average molecular weight is 1100 g/mol. The predicted molar refractivity (Wildman–Crippen MR) is 285 cm³/mol. The molecule has 430 valence electrons. The first-order valence-corrected chi connectivity index (χ1v) is 25.4. The molecule has 0 unspecified atom stereocenters. The van der Waals surface area contributed by atoms with Crippen LogP contribution in [0.2, 0.25) is 0 Å². The average Bonchev–Trinajstić information content (AvgIpc) is 3.36. The summed E-state index contributed by atoms with van der Waals surface area (Å²) in [5.41, 5.74) is 23.5. The Morgan fingerprint density at radius 1 is 0.513 bits per heavy atom. The van der Waals surface area contributed by atoms with Gasteiger partial charge in [-0.25, -0.2) is 0 Å². The van der Waals surface area contributed by atoms with Crippen molar-refractivity contribution < 1.29 is 63.0 Å². The molecular formula is C51H78N14O13. The van der Waals surface area contributed by atoms with Gasteiger partial charge in [0.25, 0.3) is 0 Å². The number of aliphatic carboxylic acids is 1. The maximum absolute atomic E-state index is 14.3. The zero-order valence-corrected chi connectivity index (χ0v) is 44.8. The van der Waals surface area contributed by atoms with Crippen LogP contribution in [0, 0.1) is 11.8 Å². The second kappa shape index (κ2) is 33.8. The maximum atomic E-state index is 14.3. The van der Waals surface area contributed by atoms with E-state index >= 15 is 0 Å². The standard InChI is InChI=1S/C51H78N14O13/c1-27(2)20-35(62-43(71)29(5)52)49(77)65-39(26-66)45(73)57-25-40(67)59-38(24-41(68)69)47(75)58-30(6)44(72)63-37(23-32-16-11-8-12-17-32)50(78)64-36(21-28(3)4)48(76)60-33(18-13-19-56-51(54)55)46(74)61-34(42(53)70)22-31-14-9-7-10-15-31/h7-12,14-17,27-30,33-39,66H,13,18-26,52H2,1-6H3,(H2,53,70)(H,57,73)(H,58,75)(H,59,67)(H,60,76)(H,61,74)(H,62,71)(H,63,72)(H,64,78)(H,65,77)(H,68,69)(H4,54,55,56)/t29-,30-,33-,34-,35-,36-,37-,38-,39-/m0/s1. The number of amides is 10. The van der Waals surface area contributed by atoms with E-state index < -0.39 is 139 Å². The van der Waals surface area contributed by atoms with Gasteiger partial charge in [0.05, 0.1) is 25.6 Å². The SMILES string of the molecule is CC(C)C[C@H](NC(=O)[C@H](C)N)C(=O)N[C@@H](CO)C(=O)NCC(=O)N[C@@H](CC(=O)O)C(=O)N[C@@H](C)C(=O)N[C@@H](Cc1ccccc1)C(=O)N[C@@H](CC(C)C)C(=O)N[C@@H](CCCN=C(N)N)C(=O)N[C@@H](Cc1ccccc1)C(N)=O.